The molecule has 1 aliphatic carbocycles. The zero-order valence-corrected chi connectivity index (χ0v) is 20.9. The molecule has 2 unspecified atom stereocenters. The van der Waals surface area contributed by atoms with E-state index < -0.39 is 5.41 Å². The van der Waals surface area contributed by atoms with Crippen LogP contribution in [-0.4, -0.2) is 16.9 Å². The molecule has 0 spiro atoms. The number of aromatic nitrogens is 1. The molecule has 0 radical (unpaired) electrons. The second-order valence-corrected chi connectivity index (χ2v) is 10.5. The lowest BCUT2D eigenvalue weighted by atomic mass is 9.58. The van der Waals surface area contributed by atoms with Crippen LogP contribution >= 0.6 is 0 Å². The summed E-state index contributed by atoms with van der Waals surface area (Å²) < 4.78 is 0. The molecule has 2 aliphatic heterocycles. The lowest BCUT2D eigenvalue weighted by Gasteiger charge is -2.47. The van der Waals surface area contributed by atoms with Crippen LogP contribution in [0.1, 0.15) is 70.8 Å². The lowest BCUT2D eigenvalue weighted by Crippen LogP contribution is -2.51. The van der Waals surface area contributed by atoms with Crippen molar-refractivity contribution < 1.29 is 4.79 Å². The van der Waals surface area contributed by atoms with Crippen molar-refractivity contribution in [1.29, 1.82) is 0 Å². The average molecular weight is 455 g/mol. The smallest absolute Gasteiger partial charge is 0.164 e. The molecule has 0 saturated carbocycles. The monoisotopic (exact) mass is 454 g/mol. The molecule has 34 heavy (non-hydrogen) atoms. The van der Waals surface area contributed by atoms with E-state index in [0.29, 0.717) is 6.42 Å². The van der Waals surface area contributed by atoms with Crippen LogP contribution in [0.25, 0.3) is 11.1 Å². The molecular formula is C29H34N4O. The summed E-state index contributed by atoms with van der Waals surface area (Å²) in [6.45, 7) is 10.8. The second-order valence-electron chi connectivity index (χ2n) is 10.5. The van der Waals surface area contributed by atoms with Crippen LogP contribution in [0, 0.1) is 5.41 Å². The van der Waals surface area contributed by atoms with E-state index in [0.717, 1.165) is 65.0 Å². The Morgan fingerprint density at radius 1 is 1.00 bits per heavy atom. The average Bonchev–Trinajstić information content (AvgIpc) is 3.30. The van der Waals surface area contributed by atoms with Gasteiger partial charge >= 0.3 is 0 Å². The number of allylic oxidation sites excluding steroid dienone is 2. The van der Waals surface area contributed by atoms with Crippen molar-refractivity contribution in [2.45, 2.75) is 78.3 Å². The number of pyridine rings is 1. The molecular weight excluding hydrogens is 420 g/mol. The van der Waals surface area contributed by atoms with Crippen molar-refractivity contribution >= 4 is 5.78 Å². The Hall–Kier alpha value is -3.08. The van der Waals surface area contributed by atoms with E-state index in [1.165, 1.54) is 5.56 Å². The summed E-state index contributed by atoms with van der Waals surface area (Å²) in [7, 11) is 0. The molecule has 176 valence electrons. The zero-order chi connectivity index (χ0) is 24.1. The fourth-order valence-corrected chi connectivity index (χ4v) is 6.03. The largest absolute Gasteiger partial charge is 0.362 e. The Balaban J connectivity index is 1.71. The molecule has 3 aliphatic rings. The van der Waals surface area contributed by atoms with Crippen molar-refractivity contribution in [2.24, 2.45) is 15.6 Å². The van der Waals surface area contributed by atoms with Crippen LogP contribution < -0.4 is 5.32 Å². The minimum absolute atomic E-state index is 0.0641. The first kappa shape index (κ1) is 22.7. The maximum absolute atomic E-state index is 13.7. The van der Waals surface area contributed by atoms with Crippen molar-refractivity contribution in [3.05, 3.63) is 76.4 Å². The number of aryl methyl sites for hydroxylation is 2. The molecule has 5 nitrogen and oxygen atoms in total. The summed E-state index contributed by atoms with van der Waals surface area (Å²) in [5.41, 5.74) is 8.16. The molecule has 2 aromatic rings. The number of carbonyl (C=O) groups excluding carboxylic acids is 1. The summed E-state index contributed by atoms with van der Waals surface area (Å²) in [4.78, 5) is 18.5. The highest BCUT2D eigenvalue weighted by molar-refractivity contribution is 6.01. The summed E-state index contributed by atoms with van der Waals surface area (Å²) >= 11 is 0. The van der Waals surface area contributed by atoms with E-state index in [1.54, 1.807) is 0 Å². The van der Waals surface area contributed by atoms with E-state index in [9.17, 15) is 4.79 Å². The van der Waals surface area contributed by atoms with Gasteiger partial charge in [0.2, 0.25) is 0 Å². The first-order chi connectivity index (χ1) is 16.3. The van der Waals surface area contributed by atoms with Crippen molar-refractivity contribution in [3.8, 4) is 11.1 Å². The van der Waals surface area contributed by atoms with Crippen LogP contribution in [-0.2, 0) is 23.1 Å². The van der Waals surface area contributed by atoms with Crippen molar-refractivity contribution in [1.82, 2.24) is 10.3 Å². The number of ketones is 1. The molecule has 5 heteroatoms. The number of fused-ring (bicyclic) bond motifs is 1. The highest BCUT2D eigenvalue weighted by Gasteiger charge is 2.52. The summed E-state index contributed by atoms with van der Waals surface area (Å²) in [5, 5.41) is 12.3. The number of nitrogens with zero attached hydrogens (tertiary/aromatic N) is 3. The number of hydrogen-bond acceptors (Lipinski definition) is 5. The highest BCUT2D eigenvalue weighted by Crippen LogP contribution is 2.54. The Morgan fingerprint density at radius 2 is 1.74 bits per heavy atom. The van der Waals surface area contributed by atoms with E-state index in [2.05, 4.69) is 86.6 Å². The first-order valence-electron chi connectivity index (χ1n) is 12.6. The van der Waals surface area contributed by atoms with Gasteiger partial charge in [0, 0.05) is 34.7 Å². The number of nitrogens with one attached hydrogen (secondary N) is 1. The molecule has 0 amide bonds. The topological polar surface area (TPSA) is 66.7 Å². The van der Waals surface area contributed by atoms with Crippen LogP contribution in [0.3, 0.4) is 0 Å². The number of hydrogen-bond donors (Lipinski definition) is 1. The maximum Gasteiger partial charge on any atom is 0.164 e. The number of benzene rings is 1. The summed E-state index contributed by atoms with van der Waals surface area (Å²) in [5.74, 6) is 0.239. The van der Waals surface area contributed by atoms with Crippen LogP contribution in [0.4, 0.5) is 0 Å². The van der Waals surface area contributed by atoms with Gasteiger partial charge in [-0.15, -0.1) is 0 Å². The van der Waals surface area contributed by atoms with Crippen LogP contribution in [0.2, 0.25) is 0 Å². The standard InChI is InChI=1S/C29H34N4O/c1-6-21-13-19(14-22(7-2)31-21)18-10-9-11-20(12-18)29(8-3)23-17-30-33-27(23)32-24-15-28(4,5)16-25(34)26(24)29/h9-14,17,27,32H,6-8,15-16H2,1-5H3. The van der Waals surface area contributed by atoms with Gasteiger partial charge in [0.25, 0.3) is 0 Å². The maximum atomic E-state index is 13.7. The normalized spacial score (nSPS) is 25.0. The Morgan fingerprint density at radius 3 is 2.41 bits per heavy atom. The summed E-state index contributed by atoms with van der Waals surface area (Å²) in [6, 6.07) is 13.1. The van der Waals surface area contributed by atoms with Gasteiger partial charge in [-0.1, -0.05) is 52.8 Å². The highest BCUT2D eigenvalue weighted by atomic mass is 16.1. The Bertz CT molecular complexity index is 1230. The number of azo groups is 1. The number of rotatable bonds is 5. The Kier molecular flexibility index (Phi) is 5.54. The predicted molar refractivity (Wildman–Crippen MR) is 135 cm³/mol. The molecule has 1 aromatic heterocycles. The molecule has 0 fully saturated rings. The summed E-state index contributed by atoms with van der Waals surface area (Å²) in [6.07, 6.45) is 5.68. The minimum Gasteiger partial charge on any atom is -0.362 e. The molecule has 1 aromatic carbocycles. The van der Waals surface area contributed by atoms with Crippen LogP contribution in [0.15, 0.2) is 69.7 Å². The van der Waals surface area contributed by atoms with Gasteiger partial charge < -0.3 is 5.32 Å². The van der Waals surface area contributed by atoms with Gasteiger partial charge in [0.05, 0.1) is 11.6 Å². The van der Waals surface area contributed by atoms with Gasteiger partial charge in [-0.2, -0.15) is 10.2 Å². The number of Topliss-reactive ketones (excluding diaryl/α,β-unsaturated/α-hetero) is 1. The molecule has 0 saturated heterocycles. The van der Waals surface area contributed by atoms with Gasteiger partial charge in [-0.25, -0.2) is 0 Å². The van der Waals surface area contributed by atoms with Gasteiger partial charge in [-0.05, 0) is 66.0 Å². The molecule has 0 bridgehead atoms. The lowest BCUT2D eigenvalue weighted by molar-refractivity contribution is -0.119. The van der Waals surface area contributed by atoms with E-state index >= 15 is 0 Å². The first-order valence-corrected chi connectivity index (χ1v) is 12.6. The number of carbonyl (C=O) groups is 1. The zero-order valence-electron chi connectivity index (χ0n) is 20.9. The molecule has 2 atom stereocenters. The predicted octanol–water partition coefficient (Wildman–Crippen LogP) is 6.44. The van der Waals surface area contributed by atoms with E-state index in [1.807, 2.05) is 6.20 Å². The SMILES string of the molecule is CCc1cc(-c2cccc(C3(CC)C4=CN=NC4NC4=C3C(=O)CC(C)(C)C4)c2)cc(CC)n1. The Labute approximate surface area is 202 Å². The van der Waals surface area contributed by atoms with Crippen LogP contribution in [0.5, 0.6) is 0 Å². The van der Waals surface area contributed by atoms with Gasteiger partial charge in [-0.3, -0.25) is 9.78 Å². The van der Waals surface area contributed by atoms with Gasteiger partial charge in [0.15, 0.2) is 11.9 Å². The fourth-order valence-electron chi connectivity index (χ4n) is 6.03. The second kappa shape index (κ2) is 8.30. The molecule has 1 N–H and O–H groups in total. The molecule has 3 heterocycles. The third-order valence-corrected chi connectivity index (χ3v) is 7.65. The van der Waals surface area contributed by atoms with Crippen molar-refractivity contribution in [2.75, 3.05) is 0 Å². The third-order valence-electron chi connectivity index (χ3n) is 7.65. The minimum atomic E-state index is -0.521. The molecule has 5 rings (SSSR count). The fraction of sp³-hybridized carbons (Fsp3) is 0.448. The third kappa shape index (κ3) is 3.53. The van der Waals surface area contributed by atoms with E-state index in [-0.39, 0.29) is 17.4 Å². The van der Waals surface area contributed by atoms with Crippen molar-refractivity contribution in [3.63, 3.8) is 0 Å². The quantitative estimate of drug-likeness (QED) is 0.565. The van der Waals surface area contributed by atoms with Gasteiger partial charge in [0.1, 0.15) is 0 Å². The van der Waals surface area contributed by atoms with E-state index in [4.69, 9.17) is 4.98 Å².